The fraction of sp³-hybridized carbons (Fsp3) is 0.562. The van der Waals surface area contributed by atoms with Crippen molar-refractivity contribution in [1.82, 2.24) is 4.90 Å². The van der Waals surface area contributed by atoms with Gasteiger partial charge < -0.3 is 10.0 Å². The first-order valence-corrected chi connectivity index (χ1v) is 7.47. The minimum atomic E-state index is -4.52. The van der Waals surface area contributed by atoms with E-state index in [1.54, 1.807) is 0 Å². The largest absolute Gasteiger partial charge is 0.478 e. The number of carboxylic acids is 1. The topological polar surface area (TPSA) is 40.5 Å². The van der Waals surface area contributed by atoms with Crippen LogP contribution in [0, 0.1) is 5.92 Å². The normalized spacial score (nSPS) is 17.6. The Labute approximate surface area is 127 Å². The number of alkyl halides is 3. The van der Waals surface area contributed by atoms with Crippen molar-refractivity contribution in [2.45, 2.75) is 32.4 Å². The number of benzene rings is 1. The number of nitrogens with zero attached hydrogens (tertiary/aromatic N) is 1. The minimum Gasteiger partial charge on any atom is -0.478 e. The van der Waals surface area contributed by atoms with Crippen molar-refractivity contribution in [3.8, 4) is 0 Å². The Morgan fingerprint density at radius 1 is 1.32 bits per heavy atom. The Morgan fingerprint density at radius 3 is 2.45 bits per heavy atom. The van der Waals surface area contributed by atoms with E-state index in [0.717, 1.165) is 38.5 Å². The fourth-order valence-electron chi connectivity index (χ4n) is 2.97. The number of halogens is 3. The number of hydrogen-bond donors (Lipinski definition) is 1. The maximum atomic E-state index is 13.2. The molecule has 1 fully saturated rings. The van der Waals surface area contributed by atoms with Gasteiger partial charge in [-0.25, -0.2) is 4.79 Å². The molecule has 0 aliphatic carbocycles. The molecule has 0 saturated carbocycles. The summed E-state index contributed by atoms with van der Waals surface area (Å²) in [6, 6.07) is 3.32. The molecule has 1 aromatic carbocycles. The number of likely N-dealkylation sites (tertiary alicyclic amines) is 1. The van der Waals surface area contributed by atoms with Crippen LogP contribution in [0.1, 0.15) is 41.3 Å². The third kappa shape index (κ3) is 4.00. The van der Waals surface area contributed by atoms with E-state index in [9.17, 15) is 18.0 Å². The number of carbonyl (C=O) groups is 1. The smallest absolute Gasteiger partial charge is 0.416 e. The summed E-state index contributed by atoms with van der Waals surface area (Å²) in [6.07, 6.45) is -2.41. The van der Waals surface area contributed by atoms with Crippen molar-refractivity contribution >= 4 is 5.97 Å². The first-order chi connectivity index (χ1) is 10.3. The lowest BCUT2D eigenvalue weighted by Gasteiger charge is -2.31. The maximum absolute atomic E-state index is 13.2. The van der Waals surface area contributed by atoms with Crippen LogP contribution in [-0.2, 0) is 12.6 Å². The zero-order valence-corrected chi connectivity index (χ0v) is 12.5. The van der Waals surface area contributed by atoms with Crippen LogP contribution >= 0.6 is 0 Å². The van der Waals surface area contributed by atoms with Crippen LogP contribution in [0.25, 0.3) is 0 Å². The zero-order chi connectivity index (χ0) is 16.3. The van der Waals surface area contributed by atoms with Crippen LogP contribution in [-0.4, -0.2) is 35.6 Å². The van der Waals surface area contributed by atoms with Crippen molar-refractivity contribution in [2.75, 3.05) is 19.6 Å². The van der Waals surface area contributed by atoms with Gasteiger partial charge in [0.15, 0.2) is 0 Å². The molecule has 1 aliphatic rings. The van der Waals surface area contributed by atoms with Crippen LogP contribution in [0.4, 0.5) is 13.2 Å². The van der Waals surface area contributed by atoms with Gasteiger partial charge in [-0.2, -0.15) is 13.2 Å². The molecule has 1 heterocycles. The maximum Gasteiger partial charge on any atom is 0.416 e. The molecule has 0 atom stereocenters. The molecule has 6 heteroatoms. The standard InChI is InChI=1S/C16H20F3NO2/c1-2-20-7-5-11(6-8-20)9-12-3-4-13(15(21)22)10-14(12)16(17,18)19/h3-4,10-11H,2,5-9H2,1H3,(H,21,22). The van der Waals surface area contributed by atoms with E-state index in [-0.39, 0.29) is 17.0 Å². The molecular formula is C16H20F3NO2. The summed E-state index contributed by atoms with van der Waals surface area (Å²) < 4.78 is 39.5. The van der Waals surface area contributed by atoms with Crippen molar-refractivity contribution in [3.63, 3.8) is 0 Å². The number of rotatable bonds is 4. The summed E-state index contributed by atoms with van der Waals surface area (Å²) in [4.78, 5) is 13.2. The molecular weight excluding hydrogens is 295 g/mol. The van der Waals surface area contributed by atoms with Crippen LogP contribution in [0.2, 0.25) is 0 Å². The summed E-state index contributed by atoms with van der Waals surface area (Å²) in [5.41, 5.74) is -0.936. The zero-order valence-electron chi connectivity index (χ0n) is 12.5. The van der Waals surface area contributed by atoms with Crippen LogP contribution in [0.5, 0.6) is 0 Å². The third-order valence-electron chi connectivity index (χ3n) is 4.33. The van der Waals surface area contributed by atoms with Gasteiger partial charge in [0.2, 0.25) is 0 Å². The molecule has 3 nitrogen and oxygen atoms in total. The summed E-state index contributed by atoms with van der Waals surface area (Å²) >= 11 is 0. The molecule has 1 saturated heterocycles. The van der Waals surface area contributed by atoms with Crippen LogP contribution in [0.3, 0.4) is 0 Å². The van der Waals surface area contributed by atoms with Crippen molar-refractivity contribution in [2.24, 2.45) is 5.92 Å². The van der Waals surface area contributed by atoms with Crippen molar-refractivity contribution in [1.29, 1.82) is 0 Å². The van der Waals surface area contributed by atoms with Gasteiger partial charge in [0.25, 0.3) is 0 Å². The van der Waals surface area contributed by atoms with Gasteiger partial charge >= 0.3 is 12.1 Å². The lowest BCUT2D eigenvalue weighted by molar-refractivity contribution is -0.138. The Kier molecular flexibility index (Phi) is 5.11. The fourth-order valence-corrected chi connectivity index (χ4v) is 2.97. The molecule has 1 N–H and O–H groups in total. The molecule has 2 rings (SSSR count). The summed E-state index contributed by atoms with van der Waals surface area (Å²) in [5, 5.41) is 8.87. The number of hydrogen-bond acceptors (Lipinski definition) is 2. The molecule has 122 valence electrons. The molecule has 0 unspecified atom stereocenters. The lowest BCUT2D eigenvalue weighted by Crippen LogP contribution is -2.34. The predicted octanol–water partition coefficient (Wildman–Crippen LogP) is 3.68. The van der Waals surface area contributed by atoms with Crippen molar-refractivity contribution < 1.29 is 23.1 Å². The molecule has 0 amide bonds. The van der Waals surface area contributed by atoms with Gasteiger partial charge in [-0.3, -0.25) is 0 Å². The van der Waals surface area contributed by atoms with Gasteiger partial charge in [-0.1, -0.05) is 13.0 Å². The van der Waals surface area contributed by atoms with E-state index in [1.807, 2.05) is 0 Å². The van der Waals surface area contributed by atoms with Gasteiger partial charge in [0, 0.05) is 0 Å². The van der Waals surface area contributed by atoms with E-state index in [4.69, 9.17) is 5.11 Å². The Hall–Kier alpha value is -1.56. The average molecular weight is 315 g/mol. The van der Waals surface area contributed by atoms with Crippen LogP contribution in [0.15, 0.2) is 18.2 Å². The second kappa shape index (κ2) is 6.69. The first kappa shape index (κ1) is 16.8. The number of aromatic carboxylic acids is 1. The SMILES string of the molecule is CCN1CCC(Cc2ccc(C(=O)O)cc2C(F)(F)F)CC1. The summed E-state index contributed by atoms with van der Waals surface area (Å²) in [5.74, 6) is -1.12. The van der Waals surface area contributed by atoms with E-state index >= 15 is 0 Å². The number of carboxylic acid groups (broad SMARTS) is 1. The Balaban J connectivity index is 2.18. The summed E-state index contributed by atoms with van der Waals surface area (Å²) in [7, 11) is 0. The van der Waals surface area contributed by atoms with E-state index in [0.29, 0.717) is 6.42 Å². The van der Waals surface area contributed by atoms with E-state index in [1.165, 1.54) is 12.1 Å². The molecule has 1 aromatic rings. The van der Waals surface area contributed by atoms with Gasteiger partial charge in [-0.15, -0.1) is 0 Å². The number of piperidine rings is 1. The Morgan fingerprint density at radius 2 is 1.95 bits per heavy atom. The van der Waals surface area contributed by atoms with Gasteiger partial charge in [0.1, 0.15) is 0 Å². The highest BCUT2D eigenvalue weighted by Crippen LogP contribution is 2.35. The summed E-state index contributed by atoms with van der Waals surface area (Å²) in [6.45, 7) is 4.87. The molecule has 0 bridgehead atoms. The van der Waals surface area contributed by atoms with Gasteiger partial charge in [-0.05, 0) is 62.5 Å². The van der Waals surface area contributed by atoms with E-state index in [2.05, 4.69) is 11.8 Å². The lowest BCUT2D eigenvalue weighted by atomic mass is 9.87. The second-order valence-electron chi connectivity index (χ2n) is 5.76. The van der Waals surface area contributed by atoms with Gasteiger partial charge in [0.05, 0.1) is 11.1 Å². The molecule has 0 radical (unpaired) electrons. The van der Waals surface area contributed by atoms with E-state index < -0.39 is 17.7 Å². The molecule has 0 aromatic heterocycles. The third-order valence-corrected chi connectivity index (χ3v) is 4.33. The molecule has 22 heavy (non-hydrogen) atoms. The minimum absolute atomic E-state index is 0.201. The highest BCUT2D eigenvalue weighted by atomic mass is 19.4. The van der Waals surface area contributed by atoms with Crippen molar-refractivity contribution in [3.05, 3.63) is 34.9 Å². The van der Waals surface area contributed by atoms with Crippen LogP contribution < -0.4 is 0 Å². The average Bonchev–Trinajstić information content (AvgIpc) is 2.47. The Bertz CT molecular complexity index is 535. The monoisotopic (exact) mass is 315 g/mol. The highest BCUT2D eigenvalue weighted by molar-refractivity contribution is 5.88. The first-order valence-electron chi connectivity index (χ1n) is 7.47. The second-order valence-corrected chi connectivity index (χ2v) is 5.76. The highest BCUT2D eigenvalue weighted by Gasteiger charge is 2.34. The molecule has 0 spiro atoms. The predicted molar refractivity (Wildman–Crippen MR) is 76.9 cm³/mol. The molecule has 1 aliphatic heterocycles. The quantitative estimate of drug-likeness (QED) is 0.921.